The van der Waals surface area contributed by atoms with E-state index < -0.39 is 0 Å². The summed E-state index contributed by atoms with van der Waals surface area (Å²) in [5.41, 5.74) is 12.7. The Bertz CT molecular complexity index is 315. The Hall–Kier alpha value is -0.580. The molecule has 14 heavy (non-hydrogen) atoms. The van der Waals surface area contributed by atoms with Crippen LogP contribution in [0.15, 0.2) is 22.7 Å². The summed E-state index contributed by atoms with van der Waals surface area (Å²) in [7, 11) is 1.63. The van der Waals surface area contributed by atoms with E-state index in [1.54, 1.807) is 7.11 Å². The summed E-state index contributed by atoms with van der Waals surface area (Å²) in [6, 6.07) is 5.42. The number of rotatable bonds is 3. The molecule has 1 rings (SSSR count). The van der Waals surface area contributed by atoms with E-state index in [4.69, 9.17) is 16.2 Å². The number of nitrogens with two attached hydrogens (primary N) is 2. The fourth-order valence-electron chi connectivity index (χ4n) is 1.19. The molecule has 0 aliphatic rings. The zero-order valence-electron chi connectivity index (χ0n) is 8.33. The Morgan fingerprint density at radius 2 is 2.00 bits per heavy atom. The van der Waals surface area contributed by atoms with Crippen molar-refractivity contribution in [3.63, 3.8) is 0 Å². The van der Waals surface area contributed by atoms with Crippen LogP contribution in [0.1, 0.15) is 18.5 Å². The fourth-order valence-corrected chi connectivity index (χ4v) is 1.70. The van der Waals surface area contributed by atoms with Crippen LogP contribution >= 0.6 is 15.9 Å². The second-order valence-corrected chi connectivity index (χ2v) is 4.13. The van der Waals surface area contributed by atoms with Gasteiger partial charge < -0.3 is 16.2 Å². The maximum Gasteiger partial charge on any atom is 0.119 e. The van der Waals surface area contributed by atoms with Gasteiger partial charge in [-0.3, -0.25) is 0 Å². The van der Waals surface area contributed by atoms with Gasteiger partial charge in [-0.05, 0) is 30.7 Å². The summed E-state index contributed by atoms with van der Waals surface area (Å²) in [4.78, 5) is 0. The number of methoxy groups -OCH3 is 1. The van der Waals surface area contributed by atoms with Crippen molar-refractivity contribution < 1.29 is 4.74 Å². The van der Waals surface area contributed by atoms with Gasteiger partial charge in [-0.2, -0.15) is 0 Å². The lowest BCUT2D eigenvalue weighted by molar-refractivity contribution is 0.413. The van der Waals surface area contributed by atoms with Crippen molar-refractivity contribution in [3.05, 3.63) is 28.2 Å². The van der Waals surface area contributed by atoms with Gasteiger partial charge in [0, 0.05) is 16.6 Å². The molecule has 0 aliphatic heterocycles. The van der Waals surface area contributed by atoms with E-state index in [0.717, 1.165) is 15.8 Å². The third-order valence-corrected chi connectivity index (χ3v) is 2.85. The highest BCUT2D eigenvalue weighted by molar-refractivity contribution is 9.10. The van der Waals surface area contributed by atoms with Gasteiger partial charge in [-0.25, -0.2) is 0 Å². The lowest BCUT2D eigenvalue weighted by atomic mass is 10.0. The highest BCUT2D eigenvalue weighted by Crippen LogP contribution is 2.27. The molecule has 3 nitrogen and oxygen atoms in total. The molecule has 4 heteroatoms. The number of benzene rings is 1. The summed E-state index contributed by atoms with van der Waals surface area (Å²) < 4.78 is 6.08. The van der Waals surface area contributed by atoms with Gasteiger partial charge in [0.2, 0.25) is 0 Å². The molecule has 0 aliphatic carbocycles. The Kier molecular flexibility index (Phi) is 3.92. The van der Waals surface area contributed by atoms with E-state index in [1.165, 1.54) is 0 Å². The first-order chi connectivity index (χ1) is 6.56. The van der Waals surface area contributed by atoms with Crippen LogP contribution < -0.4 is 16.2 Å². The van der Waals surface area contributed by atoms with Crippen LogP contribution in [0.4, 0.5) is 0 Å². The Balaban J connectivity index is 3.05. The standard InChI is InChI=1S/C10H15BrN2O/c1-6(12)10(13)8-5-7(14-2)3-4-9(8)11/h3-6,10H,12-13H2,1-2H3. The van der Waals surface area contributed by atoms with Crippen molar-refractivity contribution in [2.24, 2.45) is 11.5 Å². The zero-order chi connectivity index (χ0) is 10.7. The normalized spacial score (nSPS) is 14.9. The number of hydrogen-bond donors (Lipinski definition) is 2. The van der Waals surface area contributed by atoms with Crippen LogP contribution in [-0.4, -0.2) is 13.2 Å². The summed E-state index contributed by atoms with van der Waals surface area (Å²) in [5, 5.41) is 0. The lowest BCUT2D eigenvalue weighted by Crippen LogP contribution is -2.31. The number of hydrogen-bond acceptors (Lipinski definition) is 3. The Morgan fingerprint density at radius 1 is 1.36 bits per heavy atom. The van der Waals surface area contributed by atoms with E-state index in [-0.39, 0.29) is 12.1 Å². The highest BCUT2D eigenvalue weighted by atomic mass is 79.9. The molecule has 1 aromatic carbocycles. The van der Waals surface area contributed by atoms with Gasteiger partial charge in [0.25, 0.3) is 0 Å². The van der Waals surface area contributed by atoms with E-state index in [2.05, 4.69) is 15.9 Å². The molecular weight excluding hydrogens is 244 g/mol. The van der Waals surface area contributed by atoms with E-state index in [1.807, 2.05) is 25.1 Å². The van der Waals surface area contributed by atoms with Gasteiger partial charge in [0.05, 0.1) is 7.11 Å². The van der Waals surface area contributed by atoms with Crippen molar-refractivity contribution >= 4 is 15.9 Å². The monoisotopic (exact) mass is 258 g/mol. The third-order valence-electron chi connectivity index (χ3n) is 2.13. The first-order valence-corrected chi connectivity index (χ1v) is 5.20. The minimum absolute atomic E-state index is 0.0848. The summed E-state index contributed by atoms with van der Waals surface area (Å²) in [6.07, 6.45) is 0. The molecule has 0 fully saturated rings. The van der Waals surface area contributed by atoms with Crippen molar-refractivity contribution in [1.29, 1.82) is 0 Å². The molecule has 0 saturated heterocycles. The van der Waals surface area contributed by atoms with Crippen LogP contribution in [0.3, 0.4) is 0 Å². The third kappa shape index (κ3) is 2.47. The molecule has 0 spiro atoms. The van der Waals surface area contributed by atoms with E-state index >= 15 is 0 Å². The Labute approximate surface area is 92.6 Å². The summed E-state index contributed by atoms with van der Waals surface area (Å²) >= 11 is 3.44. The smallest absolute Gasteiger partial charge is 0.119 e. The maximum absolute atomic E-state index is 5.95. The predicted octanol–water partition coefficient (Wildman–Crippen LogP) is 1.80. The first-order valence-electron chi connectivity index (χ1n) is 4.41. The van der Waals surface area contributed by atoms with Crippen LogP contribution in [0.5, 0.6) is 5.75 Å². The topological polar surface area (TPSA) is 61.3 Å². The van der Waals surface area contributed by atoms with Crippen molar-refractivity contribution in [2.45, 2.75) is 19.0 Å². The molecule has 2 unspecified atom stereocenters. The molecule has 0 radical (unpaired) electrons. The molecule has 4 N–H and O–H groups in total. The lowest BCUT2D eigenvalue weighted by Gasteiger charge is -2.18. The average molecular weight is 259 g/mol. The predicted molar refractivity (Wildman–Crippen MR) is 61.3 cm³/mol. The minimum Gasteiger partial charge on any atom is -0.497 e. The van der Waals surface area contributed by atoms with Crippen LogP contribution in [-0.2, 0) is 0 Å². The first kappa shape index (κ1) is 11.5. The molecule has 0 aromatic heterocycles. The molecule has 1 aromatic rings. The SMILES string of the molecule is COc1ccc(Br)c(C(N)C(C)N)c1. The summed E-state index contributed by atoms with van der Waals surface area (Å²) in [5.74, 6) is 0.791. The quantitative estimate of drug-likeness (QED) is 0.870. The van der Waals surface area contributed by atoms with Gasteiger partial charge in [-0.1, -0.05) is 15.9 Å². The average Bonchev–Trinajstić information content (AvgIpc) is 2.17. The second kappa shape index (κ2) is 4.77. The van der Waals surface area contributed by atoms with Gasteiger partial charge in [0.15, 0.2) is 0 Å². The molecule has 2 atom stereocenters. The molecule has 0 saturated carbocycles. The van der Waals surface area contributed by atoms with Gasteiger partial charge in [-0.15, -0.1) is 0 Å². The molecular formula is C10H15BrN2O. The number of ether oxygens (including phenoxy) is 1. The zero-order valence-corrected chi connectivity index (χ0v) is 9.91. The molecule has 0 bridgehead atoms. The van der Waals surface area contributed by atoms with Crippen LogP contribution in [0.2, 0.25) is 0 Å². The van der Waals surface area contributed by atoms with E-state index in [0.29, 0.717) is 0 Å². The molecule has 0 heterocycles. The van der Waals surface area contributed by atoms with Crippen LogP contribution in [0.25, 0.3) is 0 Å². The number of halogens is 1. The largest absolute Gasteiger partial charge is 0.497 e. The summed E-state index contributed by atoms with van der Waals surface area (Å²) in [6.45, 7) is 1.89. The van der Waals surface area contributed by atoms with Crippen molar-refractivity contribution in [2.75, 3.05) is 7.11 Å². The van der Waals surface area contributed by atoms with Gasteiger partial charge in [0.1, 0.15) is 5.75 Å². The van der Waals surface area contributed by atoms with Crippen molar-refractivity contribution in [1.82, 2.24) is 0 Å². The Morgan fingerprint density at radius 3 is 2.50 bits per heavy atom. The van der Waals surface area contributed by atoms with Gasteiger partial charge >= 0.3 is 0 Å². The molecule has 78 valence electrons. The van der Waals surface area contributed by atoms with Crippen LogP contribution in [0, 0.1) is 0 Å². The van der Waals surface area contributed by atoms with Crippen molar-refractivity contribution in [3.8, 4) is 5.75 Å². The molecule has 0 amide bonds. The van der Waals surface area contributed by atoms with E-state index in [9.17, 15) is 0 Å². The maximum atomic E-state index is 5.95. The highest BCUT2D eigenvalue weighted by Gasteiger charge is 2.14. The second-order valence-electron chi connectivity index (χ2n) is 3.27. The fraction of sp³-hybridized carbons (Fsp3) is 0.400. The minimum atomic E-state index is -0.181.